The third-order valence-electron chi connectivity index (χ3n) is 3.77. The number of pyridine rings is 1. The number of aromatic amines is 1. The van der Waals surface area contributed by atoms with Crippen LogP contribution in [0.25, 0.3) is 11.3 Å². The van der Waals surface area contributed by atoms with E-state index in [1.807, 2.05) is 18.2 Å². The van der Waals surface area contributed by atoms with Crippen LogP contribution in [0.4, 0.5) is 0 Å². The van der Waals surface area contributed by atoms with Gasteiger partial charge >= 0.3 is 0 Å². The van der Waals surface area contributed by atoms with Gasteiger partial charge in [-0.15, -0.1) is 0 Å². The molecule has 4 heterocycles. The SMILES string of the molecule is c1cc(-c2cc(CN3CCc4nc[nH]c4C3)on2)ccn1. The van der Waals surface area contributed by atoms with Gasteiger partial charge < -0.3 is 9.51 Å². The van der Waals surface area contributed by atoms with Gasteiger partial charge in [0.25, 0.3) is 0 Å². The number of imidazole rings is 1. The van der Waals surface area contributed by atoms with Crippen molar-refractivity contribution >= 4 is 0 Å². The van der Waals surface area contributed by atoms with E-state index in [-0.39, 0.29) is 0 Å². The highest BCUT2D eigenvalue weighted by molar-refractivity contribution is 5.57. The fourth-order valence-corrected chi connectivity index (χ4v) is 2.67. The minimum absolute atomic E-state index is 0.760. The van der Waals surface area contributed by atoms with Crippen molar-refractivity contribution in [3.63, 3.8) is 0 Å². The maximum absolute atomic E-state index is 5.45. The van der Waals surface area contributed by atoms with E-state index in [4.69, 9.17) is 4.52 Å². The zero-order chi connectivity index (χ0) is 14.1. The summed E-state index contributed by atoms with van der Waals surface area (Å²) >= 11 is 0. The highest BCUT2D eigenvalue weighted by atomic mass is 16.5. The molecule has 0 saturated heterocycles. The number of aromatic nitrogens is 4. The summed E-state index contributed by atoms with van der Waals surface area (Å²) in [6, 6.07) is 5.86. The summed E-state index contributed by atoms with van der Waals surface area (Å²) in [6.07, 6.45) is 6.26. The summed E-state index contributed by atoms with van der Waals surface area (Å²) < 4.78 is 5.45. The second kappa shape index (κ2) is 5.14. The van der Waals surface area contributed by atoms with Crippen LogP contribution >= 0.6 is 0 Å². The smallest absolute Gasteiger partial charge is 0.151 e. The van der Waals surface area contributed by atoms with Crippen LogP contribution < -0.4 is 0 Å². The molecule has 0 unspecified atom stereocenters. The number of nitrogens with one attached hydrogen (secondary N) is 1. The van der Waals surface area contributed by atoms with Crippen LogP contribution in [0, 0.1) is 0 Å². The molecule has 106 valence electrons. The molecule has 0 saturated carbocycles. The van der Waals surface area contributed by atoms with E-state index in [0.29, 0.717) is 0 Å². The second-order valence-corrected chi connectivity index (χ2v) is 5.20. The van der Waals surface area contributed by atoms with E-state index in [1.165, 1.54) is 11.4 Å². The Labute approximate surface area is 121 Å². The van der Waals surface area contributed by atoms with Crippen molar-refractivity contribution in [2.24, 2.45) is 0 Å². The average molecular weight is 281 g/mol. The molecule has 3 aromatic heterocycles. The Balaban J connectivity index is 1.48. The molecule has 1 aliphatic heterocycles. The van der Waals surface area contributed by atoms with E-state index < -0.39 is 0 Å². The molecule has 1 N–H and O–H groups in total. The molecule has 0 spiro atoms. The van der Waals surface area contributed by atoms with Gasteiger partial charge in [0.1, 0.15) is 5.69 Å². The number of rotatable bonds is 3. The summed E-state index contributed by atoms with van der Waals surface area (Å²) in [5.74, 6) is 0.879. The standard InChI is InChI=1S/C15H15N5O/c1-4-16-5-2-11(1)14-7-12(21-19-14)8-20-6-3-13-15(9-20)18-10-17-13/h1-2,4-5,7,10H,3,6,8-9H2,(H,17,18). The van der Waals surface area contributed by atoms with Gasteiger partial charge in [0, 0.05) is 43.5 Å². The highest BCUT2D eigenvalue weighted by Gasteiger charge is 2.19. The third kappa shape index (κ3) is 2.45. The first kappa shape index (κ1) is 12.3. The van der Waals surface area contributed by atoms with E-state index in [1.54, 1.807) is 18.7 Å². The lowest BCUT2D eigenvalue weighted by molar-refractivity contribution is 0.212. The Morgan fingerprint density at radius 1 is 1.29 bits per heavy atom. The van der Waals surface area contributed by atoms with Crippen molar-refractivity contribution in [2.75, 3.05) is 6.54 Å². The van der Waals surface area contributed by atoms with Crippen molar-refractivity contribution in [3.8, 4) is 11.3 Å². The van der Waals surface area contributed by atoms with Crippen molar-refractivity contribution in [2.45, 2.75) is 19.5 Å². The average Bonchev–Trinajstić information content (AvgIpc) is 3.17. The number of hydrogen-bond acceptors (Lipinski definition) is 5. The fraction of sp³-hybridized carbons (Fsp3) is 0.267. The van der Waals surface area contributed by atoms with E-state index in [0.717, 1.165) is 43.1 Å². The molecule has 0 atom stereocenters. The molecular formula is C15H15N5O. The van der Waals surface area contributed by atoms with Crippen LogP contribution in [-0.4, -0.2) is 31.6 Å². The van der Waals surface area contributed by atoms with Gasteiger partial charge in [-0.1, -0.05) is 5.16 Å². The molecule has 0 bridgehead atoms. The quantitative estimate of drug-likeness (QED) is 0.795. The van der Waals surface area contributed by atoms with Crippen LogP contribution in [0.3, 0.4) is 0 Å². The van der Waals surface area contributed by atoms with Crippen LogP contribution in [0.1, 0.15) is 17.1 Å². The summed E-state index contributed by atoms with van der Waals surface area (Å²) in [7, 11) is 0. The monoisotopic (exact) mass is 281 g/mol. The Bertz CT molecular complexity index is 733. The molecule has 0 radical (unpaired) electrons. The summed E-state index contributed by atoms with van der Waals surface area (Å²) in [5.41, 5.74) is 4.26. The highest BCUT2D eigenvalue weighted by Crippen LogP contribution is 2.21. The molecular weight excluding hydrogens is 266 g/mol. The molecule has 0 fully saturated rings. The fourth-order valence-electron chi connectivity index (χ4n) is 2.67. The molecule has 0 amide bonds. The lowest BCUT2D eigenvalue weighted by atomic mass is 10.1. The van der Waals surface area contributed by atoms with E-state index in [2.05, 4.69) is 25.0 Å². The predicted octanol–water partition coefficient (Wildman–Crippen LogP) is 2.02. The number of H-pyrrole nitrogens is 1. The van der Waals surface area contributed by atoms with Crippen molar-refractivity contribution in [1.82, 2.24) is 25.0 Å². The number of fused-ring (bicyclic) bond motifs is 1. The molecule has 0 aliphatic carbocycles. The first-order valence-electron chi connectivity index (χ1n) is 6.98. The van der Waals surface area contributed by atoms with Gasteiger partial charge in [-0.2, -0.15) is 0 Å². The lowest BCUT2D eigenvalue weighted by Crippen LogP contribution is -2.29. The zero-order valence-corrected chi connectivity index (χ0v) is 11.5. The molecule has 4 rings (SSSR count). The normalized spacial score (nSPS) is 15.0. The van der Waals surface area contributed by atoms with Gasteiger partial charge in [0.15, 0.2) is 5.76 Å². The number of hydrogen-bond donors (Lipinski definition) is 1. The predicted molar refractivity (Wildman–Crippen MR) is 76.1 cm³/mol. The summed E-state index contributed by atoms with van der Waals surface area (Å²) in [5, 5.41) is 4.14. The molecule has 6 nitrogen and oxygen atoms in total. The maximum Gasteiger partial charge on any atom is 0.151 e. The lowest BCUT2D eigenvalue weighted by Gasteiger charge is -2.24. The van der Waals surface area contributed by atoms with E-state index >= 15 is 0 Å². The van der Waals surface area contributed by atoms with Crippen LogP contribution in [-0.2, 0) is 19.5 Å². The van der Waals surface area contributed by atoms with Crippen molar-refractivity contribution < 1.29 is 4.52 Å². The van der Waals surface area contributed by atoms with Gasteiger partial charge in [0.2, 0.25) is 0 Å². The van der Waals surface area contributed by atoms with E-state index in [9.17, 15) is 0 Å². The Kier molecular flexibility index (Phi) is 3.01. The van der Waals surface area contributed by atoms with Crippen molar-refractivity contribution in [3.05, 3.63) is 54.1 Å². The summed E-state index contributed by atoms with van der Waals surface area (Å²) in [4.78, 5) is 13.9. The minimum atomic E-state index is 0.760. The minimum Gasteiger partial charge on any atom is -0.359 e. The Morgan fingerprint density at radius 3 is 3.10 bits per heavy atom. The van der Waals surface area contributed by atoms with Gasteiger partial charge in [-0.3, -0.25) is 9.88 Å². The molecule has 6 heteroatoms. The van der Waals surface area contributed by atoms with Gasteiger partial charge in [-0.05, 0) is 12.1 Å². The molecule has 21 heavy (non-hydrogen) atoms. The number of nitrogens with zero attached hydrogens (tertiary/aromatic N) is 4. The van der Waals surface area contributed by atoms with Gasteiger partial charge in [0.05, 0.1) is 24.3 Å². The maximum atomic E-state index is 5.45. The van der Waals surface area contributed by atoms with Gasteiger partial charge in [-0.25, -0.2) is 4.98 Å². The third-order valence-corrected chi connectivity index (χ3v) is 3.77. The van der Waals surface area contributed by atoms with Crippen molar-refractivity contribution in [1.29, 1.82) is 0 Å². The molecule has 0 aromatic carbocycles. The first-order valence-corrected chi connectivity index (χ1v) is 6.98. The second-order valence-electron chi connectivity index (χ2n) is 5.20. The van der Waals surface area contributed by atoms with Crippen LogP contribution in [0.5, 0.6) is 0 Å². The molecule has 3 aromatic rings. The van der Waals surface area contributed by atoms with Crippen LogP contribution in [0.15, 0.2) is 41.4 Å². The Morgan fingerprint density at radius 2 is 2.19 bits per heavy atom. The largest absolute Gasteiger partial charge is 0.359 e. The molecule has 1 aliphatic rings. The zero-order valence-electron chi connectivity index (χ0n) is 11.5. The summed E-state index contributed by atoms with van der Waals surface area (Å²) in [6.45, 7) is 2.63. The Hall–Kier alpha value is -2.47. The first-order chi connectivity index (χ1) is 10.4. The topological polar surface area (TPSA) is 70.8 Å². The van der Waals surface area contributed by atoms with Crippen LogP contribution in [0.2, 0.25) is 0 Å².